The van der Waals surface area contributed by atoms with Gasteiger partial charge in [-0.3, -0.25) is 4.79 Å². The van der Waals surface area contributed by atoms with Gasteiger partial charge in [0.25, 0.3) is 0 Å². The zero-order valence-electron chi connectivity index (χ0n) is 11.0. The van der Waals surface area contributed by atoms with Gasteiger partial charge in [-0.25, -0.2) is 13.4 Å². The smallest absolute Gasteiger partial charge is 0.152 e. The molecule has 6 heteroatoms. The van der Waals surface area contributed by atoms with Gasteiger partial charge in [-0.05, 0) is 30.9 Å². The molecule has 3 heterocycles. The number of nitrogens with zero attached hydrogens (tertiary/aromatic N) is 2. The van der Waals surface area contributed by atoms with Crippen molar-refractivity contribution in [3.63, 3.8) is 0 Å². The number of pyridine rings is 1. The van der Waals surface area contributed by atoms with Gasteiger partial charge in [-0.2, -0.15) is 0 Å². The molecule has 0 spiro atoms. The molecule has 0 aliphatic carbocycles. The second-order valence-electron chi connectivity index (χ2n) is 5.34. The molecule has 5 nitrogen and oxygen atoms in total. The largest absolute Gasteiger partial charge is 0.303 e. The molecule has 0 saturated carbocycles. The summed E-state index contributed by atoms with van der Waals surface area (Å²) in [6, 6.07) is 3.55. The number of carbonyl (C=O) groups is 1. The van der Waals surface area contributed by atoms with Gasteiger partial charge in [0.05, 0.1) is 23.2 Å². The summed E-state index contributed by atoms with van der Waals surface area (Å²) in [7, 11) is -2.89. The molecule has 2 aromatic heterocycles. The number of hydrogen-bond donors (Lipinski definition) is 0. The topological polar surface area (TPSA) is 68.5 Å². The lowest BCUT2D eigenvalue weighted by molar-refractivity contribution is 0.112. The van der Waals surface area contributed by atoms with Crippen LogP contribution in [0.1, 0.15) is 29.0 Å². The van der Waals surface area contributed by atoms with Gasteiger partial charge in [-0.1, -0.05) is 0 Å². The molecule has 1 aliphatic heterocycles. The number of fused-ring (bicyclic) bond motifs is 1. The summed E-state index contributed by atoms with van der Waals surface area (Å²) in [4.78, 5) is 15.3. The Balaban J connectivity index is 1.90. The van der Waals surface area contributed by atoms with Crippen molar-refractivity contribution in [2.24, 2.45) is 5.92 Å². The van der Waals surface area contributed by atoms with Crippen molar-refractivity contribution in [3.05, 3.63) is 35.9 Å². The minimum absolute atomic E-state index is 0.124. The number of carbonyl (C=O) groups excluding carboxylic acids is 1. The predicted molar refractivity (Wildman–Crippen MR) is 75.7 cm³/mol. The monoisotopic (exact) mass is 292 g/mol. The van der Waals surface area contributed by atoms with Crippen molar-refractivity contribution in [2.75, 3.05) is 11.5 Å². The van der Waals surface area contributed by atoms with Crippen molar-refractivity contribution in [2.45, 2.75) is 19.3 Å². The van der Waals surface area contributed by atoms with Crippen LogP contribution in [0.15, 0.2) is 24.5 Å². The number of aromatic nitrogens is 2. The molecule has 1 aliphatic rings. The fourth-order valence-electron chi connectivity index (χ4n) is 2.88. The van der Waals surface area contributed by atoms with Crippen molar-refractivity contribution >= 4 is 21.6 Å². The first kappa shape index (κ1) is 13.3. The van der Waals surface area contributed by atoms with E-state index in [0.29, 0.717) is 17.7 Å². The second-order valence-corrected chi connectivity index (χ2v) is 7.57. The molecule has 0 aromatic carbocycles. The lowest BCUT2D eigenvalue weighted by atomic mass is 10.0. The third-order valence-electron chi connectivity index (χ3n) is 3.84. The average Bonchev–Trinajstić information content (AvgIpc) is 2.81. The van der Waals surface area contributed by atoms with E-state index in [1.54, 1.807) is 18.3 Å². The van der Waals surface area contributed by atoms with Gasteiger partial charge in [0.1, 0.15) is 5.82 Å². The average molecular weight is 292 g/mol. The van der Waals surface area contributed by atoms with Gasteiger partial charge >= 0.3 is 0 Å². The van der Waals surface area contributed by atoms with Crippen LogP contribution in [0.2, 0.25) is 0 Å². The summed E-state index contributed by atoms with van der Waals surface area (Å²) in [5, 5.41) is 0. The maximum absolute atomic E-state index is 11.7. The standard InChI is InChI=1S/C14H16N2O3S/c17-9-12-4-1-5-16-13(12)8-15-14(16)7-11-3-2-6-20(18,19)10-11/h1,4-5,8-9,11H,2-3,6-7,10H2. The highest BCUT2D eigenvalue weighted by Gasteiger charge is 2.26. The van der Waals surface area contributed by atoms with Crippen molar-refractivity contribution < 1.29 is 13.2 Å². The highest BCUT2D eigenvalue weighted by atomic mass is 32.2. The molecule has 0 N–H and O–H groups in total. The van der Waals surface area contributed by atoms with E-state index in [1.165, 1.54) is 0 Å². The normalized spacial score (nSPS) is 21.9. The molecule has 20 heavy (non-hydrogen) atoms. The Labute approximate surface area is 117 Å². The minimum Gasteiger partial charge on any atom is -0.303 e. The number of hydrogen-bond acceptors (Lipinski definition) is 4. The van der Waals surface area contributed by atoms with E-state index in [1.807, 2.05) is 10.6 Å². The van der Waals surface area contributed by atoms with Crippen molar-refractivity contribution in [3.8, 4) is 0 Å². The molecular formula is C14H16N2O3S. The fraction of sp³-hybridized carbons (Fsp3) is 0.429. The highest BCUT2D eigenvalue weighted by molar-refractivity contribution is 7.91. The molecule has 3 rings (SSSR count). The summed E-state index contributed by atoms with van der Waals surface area (Å²) in [6.07, 6.45) is 6.64. The van der Waals surface area contributed by atoms with Gasteiger partial charge in [0.2, 0.25) is 0 Å². The van der Waals surface area contributed by atoms with Crippen LogP contribution in [0.3, 0.4) is 0 Å². The van der Waals surface area contributed by atoms with E-state index in [4.69, 9.17) is 0 Å². The lowest BCUT2D eigenvalue weighted by Gasteiger charge is -2.21. The Morgan fingerprint density at radius 3 is 3.05 bits per heavy atom. The highest BCUT2D eigenvalue weighted by Crippen LogP contribution is 2.22. The van der Waals surface area contributed by atoms with Gasteiger partial charge in [-0.15, -0.1) is 0 Å². The quantitative estimate of drug-likeness (QED) is 0.804. The van der Waals surface area contributed by atoms with Crippen LogP contribution in [0.25, 0.3) is 5.52 Å². The number of rotatable bonds is 3. The van der Waals surface area contributed by atoms with Crippen LogP contribution in [-0.4, -0.2) is 35.6 Å². The molecule has 0 amide bonds. The third-order valence-corrected chi connectivity index (χ3v) is 5.73. The van der Waals surface area contributed by atoms with Crippen molar-refractivity contribution in [1.82, 2.24) is 9.38 Å². The Morgan fingerprint density at radius 1 is 1.45 bits per heavy atom. The maximum Gasteiger partial charge on any atom is 0.152 e. The van der Waals surface area contributed by atoms with Crippen molar-refractivity contribution in [1.29, 1.82) is 0 Å². The van der Waals surface area contributed by atoms with Crippen LogP contribution >= 0.6 is 0 Å². The van der Waals surface area contributed by atoms with E-state index in [2.05, 4.69) is 4.98 Å². The molecule has 1 atom stereocenters. The van der Waals surface area contributed by atoms with E-state index in [0.717, 1.165) is 30.5 Å². The van der Waals surface area contributed by atoms with E-state index in [-0.39, 0.29) is 11.7 Å². The molecule has 1 fully saturated rings. The first-order valence-corrected chi connectivity index (χ1v) is 8.52. The first-order chi connectivity index (χ1) is 9.59. The minimum atomic E-state index is -2.89. The Morgan fingerprint density at radius 2 is 2.30 bits per heavy atom. The molecule has 1 saturated heterocycles. The first-order valence-electron chi connectivity index (χ1n) is 6.69. The van der Waals surface area contributed by atoms with Crippen LogP contribution in [0.4, 0.5) is 0 Å². The summed E-state index contributed by atoms with van der Waals surface area (Å²) in [5.74, 6) is 1.50. The fourth-order valence-corrected chi connectivity index (χ4v) is 4.66. The van der Waals surface area contributed by atoms with Gasteiger partial charge in [0, 0.05) is 18.2 Å². The molecular weight excluding hydrogens is 276 g/mol. The number of aldehydes is 1. The van der Waals surface area contributed by atoms with Crippen LogP contribution in [0.5, 0.6) is 0 Å². The van der Waals surface area contributed by atoms with Gasteiger partial charge in [0.15, 0.2) is 16.1 Å². The van der Waals surface area contributed by atoms with E-state index >= 15 is 0 Å². The predicted octanol–water partition coefficient (Wildman–Crippen LogP) is 1.51. The van der Waals surface area contributed by atoms with Crippen LogP contribution in [-0.2, 0) is 16.3 Å². The SMILES string of the molecule is O=Cc1cccn2c(CC3CCCS(=O)(=O)C3)ncc12. The van der Waals surface area contributed by atoms with Gasteiger partial charge < -0.3 is 4.40 Å². The molecule has 106 valence electrons. The zero-order valence-corrected chi connectivity index (χ0v) is 11.8. The van der Waals surface area contributed by atoms with E-state index < -0.39 is 9.84 Å². The summed E-state index contributed by atoms with van der Waals surface area (Å²) in [5.41, 5.74) is 1.37. The lowest BCUT2D eigenvalue weighted by Crippen LogP contribution is -2.27. The Hall–Kier alpha value is -1.69. The zero-order chi connectivity index (χ0) is 14.2. The Bertz CT molecular complexity index is 749. The summed E-state index contributed by atoms with van der Waals surface area (Å²) in [6.45, 7) is 0. The third kappa shape index (κ3) is 2.47. The maximum atomic E-state index is 11.7. The van der Waals surface area contributed by atoms with E-state index in [9.17, 15) is 13.2 Å². The van der Waals surface area contributed by atoms with Crippen LogP contribution in [0, 0.1) is 5.92 Å². The Kier molecular flexibility index (Phi) is 3.33. The molecule has 2 aromatic rings. The second kappa shape index (κ2) is 5.01. The molecule has 0 radical (unpaired) electrons. The summed E-state index contributed by atoms with van der Waals surface area (Å²) >= 11 is 0. The number of sulfone groups is 1. The van der Waals surface area contributed by atoms with Crippen LogP contribution < -0.4 is 0 Å². The molecule has 1 unspecified atom stereocenters. The molecule has 0 bridgehead atoms. The number of imidazole rings is 1. The summed E-state index contributed by atoms with van der Waals surface area (Å²) < 4.78 is 25.2.